The van der Waals surface area contributed by atoms with Gasteiger partial charge in [-0.1, -0.05) is 19.9 Å². The summed E-state index contributed by atoms with van der Waals surface area (Å²) in [6, 6.07) is 4.51. The molecule has 1 heterocycles. The van der Waals surface area contributed by atoms with E-state index in [1.807, 2.05) is 23.2 Å². The molecular formula is C18H26N4O3. The van der Waals surface area contributed by atoms with Gasteiger partial charge in [0, 0.05) is 24.3 Å². The van der Waals surface area contributed by atoms with E-state index in [0.29, 0.717) is 23.1 Å². The van der Waals surface area contributed by atoms with Crippen molar-refractivity contribution in [3.05, 3.63) is 29.3 Å². The van der Waals surface area contributed by atoms with Gasteiger partial charge in [-0.25, -0.2) is 4.79 Å². The van der Waals surface area contributed by atoms with Crippen LogP contribution in [0.15, 0.2) is 18.2 Å². The van der Waals surface area contributed by atoms with Crippen molar-refractivity contribution in [2.75, 3.05) is 25.0 Å². The number of carbonyl (C=O) groups excluding carboxylic acids is 3. The van der Waals surface area contributed by atoms with Gasteiger partial charge in [-0.3, -0.25) is 14.9 Å². The lowest BCUT2D eigenvalue weighted by Crippen LogP contribution is -2.42. The number of imide groups is 1. The van der Waals surface area contributed by atoms with Crippen molar-refractivity contribution in [2.24, 2.45) is 17.6 Å². The van der Waals surface area contributed by atoms with Gasteiger partial charge in [0.05, 0.1) is 6.54 Å². The molecule has 1 aliphatic rings. The summed E-state index contributed by atoms with van der Waals surface area (Å²) in [6.07, 6.45) is 1.14. The van der Waals surface area contributed by atoms with E-state index in [9.17, 15) is 14.4 Å². The third-order valence-electron chi connectivity index (χ3n) is 4.34. The zero-order valence-corrected chi connectivity index (χ0v) is 15.0. The summed E-state index contributed by atoms with van der Waals surface area (Å²) in [7, 11) is 0. The second-order valence-electron chi connectivity index (χ2n) is 6.95. The number of hydrogen-bond acceptors (Lipinski definition) is 4. The molecule has 1 aromatic rings. The number of amides is 4. The molecule has 0 aliphatic carbocycles. The van der Waals surface area contributed by atoms with Crippen LogP contribution < -0.4 is 16.4 Å². The molecule has 1 fully saturated rings. The summed E-state index contributed by atoms with van der Waals surface area (Å²) >= 11 is 0. The number of nitrogens with one attached hydrogen (secondary N) is 2. The number of rotatable bonds is 4. The molecule has 7 nitrogen and oxygen atoms in total. The second kappa shape index (κ2) is 8.00. The van der Waals surface area contributed by atoms with E-state index in [1.165, 1.54) is 0 Å². The van der Waals surface area contributed by atoms with Crippen LogP contribution in [-0.4, -0.2) is 42.4 Å². The number of carbonyl (C=O) groups is 3. The monoisotopic (exact) mass is 346 g/mol. The summed E-state index contributed by atoms with van der Waals surface area (Å²) in [5.41, 5.74) is 7.09. The zero-order chi connectivity index (χ0) is 18.6. The number of hydrogen-bond donors (Lipinski definition) is 3. The lowest BCUT2D eigenvalue weighted by atomic mass is 9.91. The van der Waals surface area contributed by atoms with Crippen molar-refractivity contribution in [3.63, 3.8) is 0 Å². The Bertz CT molecular complexity index is 664. The molecule has 4 N–H and O–H groups in total. The van der Waals surface area contributed by atoms with Crippen molar-refractivity contribution in [2.45, 2.75) is 27.2 Å². The Hall–Kier alpha value is -2.57. The van der Waals surface area contributed by atoms with Crippen molar-refractivity contribution < 1.29 is 14.4 Å². The largest absolute Gasteiger partial charge is 0.376 e. The van der Waals surface area contributed by atoms with Crippen LogP contribution in [0.1, 0.15) is 36.2 Å². The van der Waals surface area contributed by atoms with Crippen molar-refractivity contribution in [3.8, 4) is 0 Å². The van der Waals surface area contributed by atoms with E-state index in [4.69, 9.17) is 5.73 Å². The van der Waals surface area contributed by atoms with Gasteiger partial charge in [0.2, 0.25) is 5.91 Å². The number of nitrogens with two attached hydrogens (primary N) is 1. The zero-order valence-electron chi connectivity index (χ0n) is 15.0. The molecule has 136 valence electrons. The molecule has 2 unspecified atom stereocenters. The van der Waals surface area contributed by atoms with E-state index in [-0.39, 0.29) is 12.5 Å². The van der Waals surface area contributed by atoms with Crippen molar-refractivity contribution >= 4 is 23.5 Å². The molecule has 1 aromatic carbocycles. The Morgan fingerprint density at radius 1 is 1.20 bits per heavy atom. The molecule has 25 heavy (non-hydrogen) atoms. The average molecular weight is 346 g/mol. The van der Waals surface area contributed by atoms with Crippen LogP contribution in [0.25, 0.3) is 0 Å². The van der Waals surface area contributed by atoms with Crippen LogP contribution in [0.3, 0.4) is 0 Å². The number of benzene rings is 1. The SMILES string of the molecule is Cc1ccc(C(=O)N2CC(C)CC(C)C2)cc1NCC(=O)NC(N)=O. The topological polar surface area (TPSA) is 105 Å². The van der Waals surface area contributed by atoms with Gasteiger partial charge in [-0.05, 0) is 42.9 Å². The molecule has 4 amide bonds. The fourth-order valence-electron chi connectivity index (χ4n) is 3.31. The second-order valence-corrected chi connectivity index (χ2v) is 6.95. The fraction of sp³-hybridized carbons (Fsp3) is 0.500. The lowest BCUT2D eigenvalue weighted by Gasteiger charge is -2.35. The van der Waals surface area contributed by atoms with Crippen LogP contribution >= 0.6 is 0 Å². The highest BCUT2D eigenvalue weighted by Crippen LogP contribution is 2.24. The number of piperidine rings is 1. The first kappa shape index (κ1) is 18.8. The molecule has 2 atom stereocenters. The molecule has 0 bridgehead atoms. The van der Waals surface area contributed by atoms with Gasteiger partial charge in [-0.15, -0.1) is 0 Å². The molecular weight excluding hydrogens is 320 g/mol. The first-order valence-corrected chi connectivity index (χ1v) is 8.49. The Labute approximate surface area is 147 Å². The first-order valence-electron chi connectivity index (χ1n) is 8.49. The molecule has 0 radical (unpaired) electrons. The third kappa shape index (κ3) is 5.20. The minimum atomic E-state index is -0.888. The molecule has 0 aromatic heterocycles. The molecule has 2 rings (SSSR count). The van der Waals surface area contributed by atoms with E-state index in [1.54, 1.807) is 12.1 Å². The van der Waals surface area contributed by atoms with Crippen LogP contribution in [0.4, 0.5) is 10.5 Å². The summed E-state index contributed by atoms with van der Waals surface area (Å²) in [5, 5.41) is 4.94. The average Bonchev–Trinajstić information content (AvgIpc) is 2.52. The third-order valence-corrected chi connectivity index (χ3v) is 4.34. The summed E-state index contributed by atoms with van der Waals surface area (Å²) in [4.78, 5) is 36.9. The fourth-order valence-corrected chi connectivity index (χ4v) is 3.31. The van der Waals surface area contributed by atoms with E-state index in [0.717, 1.165) is 25.1 Å². The Balaban J connectivity index is 2.08. The standard InChI is InChI=1S/C18H26N4O3/c1-11-6-12(2)10-22(9-11)17(24)14-5-4-13(3)15(7-14)20-8-16(23)21-18(19)25/h4-5,7,11-12,20H,6,8-10H2,1-3H3,(H3,19,21,23,25). The maximum absolute atomic E-state index is 12.8. The minimum Gasteiger partial charge on any atom is -0.376 e. The lowest BCUT2D eigenvalue weighted by molar-refractivity contribution is -0.118. The van der Waals surface area contributed by atoms with Gasteiger partial charge < -0.3 is 16.0 Å². The van der Waals surface area contributed by atoms with Crippen LogP contribution in [0.2, 0.25) is 0 Å². The number of urea groups is 1. The molecule has 1 saturated heterocycles. The van der Waals surface area contributed by atoms with Crippen LogP contribution in [0.5, 0.6) is 0 Å². The Morgan fingerprint density at radius 3 is 2.44 bits per heavy atom. The molecule has 7 heteroatoms. The number of aryl methyl sites for hydroxylation is 1. The smallest absolute Gasteiger partial charge is 0.318 e. The minimum absolute atomic E-state index is 0.00281. The highest BCUT2D eigenvalue weighted by atomic mass is 16.2. The molecule has 1 aliphatic heterocycles. The van der Waals surface area contributed by atoms with Crippen LogP contribution in [0, 0.1) is 18.8 Å². The van der Waals surface area contributed by atoms with E-state index >= 15 is 0 Å². The summed E-state index contributed by atoms with van der Waals surface area (Å²) in [5.74, 6) is 0.465. The predicted octanol–water partition coefficient (Wildman–Crippen LogP) is 1.72. The van der Waals surface area contributed by atoms with E-state index < -0.39 is 11.9 Å². The number of anilines is 1. The number of likely N-dealkylation sites (tertiary alicyclic amines) is 1. The van der Waals surface area contributed by atoms with Crippen molar-refractivity contribution in [1.29, 1.82) is 0 Å². The summed E-state index contributed by atoms with van der Waals surface area (Å²) in [6.45, 7) is 7.64. The number of nitrogens with zero attached hydrogens (tertiary/aromatic N) is 1. The molecule has 0 saturated carbocycles. The quantitative estimate of drug-likeness (QED) is 0.772. The van der Waals surface area contributed by atoms with Gasteiger partial charge in [0.25, 0.3) is 5.91 Å². The Morgan fingerprint density at radius 2 is 1.84 bits per heavy atom. The molecule has 0 spiro atoms. The maximum atomic E-state index is 12.8. The van der Waals surface area contributed by atoms with Crippen molar-refractivity contribution in [1.82, 2.24) is 10.2 Å². The number of primary amides is 1. The highest BCUT2D eigenvalue weighted by Gasteiger charge is 2.26. The predicted molar refractivity (Wildman–Crippen MR) is 96.2 cm³/mol. The van der Waals surface area contributed by atoms with Gasteiger partial charge in [-0.2, -0.15) is 0 Å². The highest BCUT2D eigenvalue weighted by molar-refractivity contribution is 5.97. The van der Waals surface area contributed by atoms with E-state index in [2.05, 4.69) is 19.2 Å². The van der Waals surface area contributed by atoms with Gasteiger partial charge in [0.15, 0.2) is 0 Å². The van der Waals surface area contributed by atoms with Gasteiger partial charge >= 0.3 is 6.03 Å². The Kier molecular flexibility index (Phi) is 6.01. The van der Waals surface area contributed by atoms with Gasteiger partial charge in [0.1, 0.15) is 0 Å². The maximum Gasteiger partial charge on any atom is 0.318 e. The summed E-state index contributed by atoms with van der Waals surface area (Å²) < 4.78 is 0. The normalized spacial score (nSPS) is 20.0. The van der Waals surface area contributed by atoms with Crippen LogP contribution in [-0.2, 0) is 4.79 Å². The first-order chi connectivity index (χ1) is 11.8.